The fourth-order valence-corrected chi connectivity index (χ4v) is 2.74. The average molecular weight is 313 g/mol. The van der Waals surface area contributed by atoms with Crippen LogP contribution in [0.2, 0.25) is 0 Å². The number of methoxy groups -OCH3 is 1. The van der Waals surface area contributed by atoms with E-state index in [0.717, 1.165) is 12.1 Å². The third-order valence-corrected chi connectivity index (χ3v) is 4.47. The summed E-state index contributed by atoms with van der Waals surface area (Å²) in [4.78, 5) is 19.9. The summed E-state index contributed by atoms with van der Waals surface area (Å²) in [6.45, 7) is 2.65. The number of ether oxygens (including phenoxy) is 1. The molecule has 1 fully saturated rings. The molecule has 0 atom stereocenters. The van der Waals surface area contributed by atoms with E-state index in [1.54, 1.807) is 17.0 Å². The molecule has 21 heavy (non-hydrogen) atoms. The van der Waals surface area contributed by atoms with E-state index in [-0.39, 0.29) is 17.4 Å². The quantitative estimate of drug-likeness (QED) is 0.764. The third-order valence-electron chi connectivity index (χ3n) is 3.37. The van der Waals surface area contributed by atoms with Gasteiger partial charge in [0, 0.05) is 45.7 Å². The van der Waals surface area contributed by atoms with Gasteiger partial charge in [0.1, 0.15) is 12.4 Å². The molecule has 0 bridgehead atoms. The highest BCUT2D eigenvalue weighted by Gasteiger charge is 2.21. The number of sulfone groups is 1. The average Bonchev–Trinajstić information content (AvgIpc) is 2.47. The van der Waals surface area contributed by atoms with Gasteiger partial charge < -0.3 is 14.5 Å². The molecule has 1 amide bonds. The Hall–Kier alpha value is -1.67. The van der Waals surface area contributed by atoms with Crippen molar-refractivity contribution >= 4 is 21.6 Å². The SMILES string of the molecule is COCC(=O)N1CCN(c2ccc(S(C)(=O)=O)cn2)CC1. The number of carbonyl (C=O) groups excluding carboxylic acids is 1. The van der Waals surface area contributed by atoms with Gasteiger partial charge in [-0.3, -0.25) is 4.79 Å². The van der Waals surface area contributed by atoms with Crippen molar-refractivity contribution in [2.45, 2.75) is 4.90 Å². The number of pyridine rings is 1. The van der Waals surface area contributed by atoms with Crippen LogP contribution >= 0.6 is 0 Å². The lowest BCUT2D eigenvalue weighted by Gasteiger charge is -2.35. The zero-order valence-corrected chi connectivity index (χ0v) is 13.0. The number of hydrogen-bond acceptors (Lipinski definition) is 6. The molecule has 1 aliphatic rings. The van der Waals surface area contributed by atoms with Gasteiger partial charge in [0.2, 0.25) is 5.91 Å². The highest BCUT2D eigenvalue weighted by molar-refractivity contribution is 7.90. The molecule has 0 aromatic carbocycles. The summed E-state index contributed by atoms with van der Waals surface area (Å²) in [5.41, 5.74) is 0. The van der Waals surface area contributed by atoms with Gasteiger partial charge >= 0.3 is 0 Å². The van der Waals surface area contributed by atoms with E-state index < -0.39 is 9.84 Å². The number of rotatable bonds is 4. The van der Waals surface area contributed by atoms with E-state index in [1.807, 2.05) is 4.90 Å². The van der Waals surface area contributed by atoms with E-state index in [0.29, 0.717) is 26.2 Å². The Balaban J connectivity index is 1.98. The number of carbonyl (C=O) groups is 1. The second-order valence-corrected chi connectivity index (χ2v) is 6.94. The normalized spacial score (nSPS) is 16.1. The molecular formula is C13H19N3O4S. The molecule has 116 valence electrons. The Morgan fingerprint density at radius 3 is 2.43 bits per heavy atom. The van der Waals surface area contributed by atoms with E-state index in [9.17, 15) is 13.2 Å². The van der Waals surface area contributed by atoms with Crippen molar-refractivity contribution in [3.8, 4) is 0 Å². The van der Waals surface area contributed by atoms with E-state index in [2.05, 4.69) is 4.98 Å². The van der Waals surface area contributed by atoms with Crippen molar-refractivity contribution in [3.05, 3.63) is 18.3 Å². The van der Waals surface area contributed by atoms with Crippen LogP contribution in [0.5, 0.6) is 0 Å². The first-order valence-corrected chi connectivity index (χ1v) is 8.49. The molecule has 8 heteroatoms. The van der Waals surface area contributed by atoms with E-state index >= 15 is 0 Å². The molecule has 1 aromatic heterocycles. The van der Waals surface area contributed by atoms with Crippen LogP contribution in [0.4, 0.5) is 5.82 Å². The van der Waals surface area contributed by atoms with Crippen LogP contribution in [0, 0.1) is 0 Å². The maximum atomic E-state index is 11.7. The molecule has 0 N–H and O–H groups in total. The molecule has 1 saturated heterocycles. The predicted molar refractivity (Wildman–Crippen MR) is 78.0 cm³/mol. The topological polar surface area (TPSA) is 79.8 Å². The first-order chi connectivity index (χ1) is 9.91. The van der Waals surface area contributed by atoms with Crippen LogP contribution in [-0.2, 0) is 19.4 Å². The largest absolute Gasteiger partial charge is 0.375 e. The van der Waals surface area contributed by atoms with E-state index in [4.69, 9.17) is 4.74 Å². The molecule has 0 saturated carbocycles. The molecule has 7 nitrogen and oxygen atoms in total. The first-order valence-electron chi connectivity index (χ1n) is 6.59. The lowest BCUT2D eigenvalue weighted by molar-refractivity contribution is -0.135. The van der Waals surface area contributed by atoms with Gasteiger partial charge in [-0.25, -0.2) is 13.4 Å². The summed E-state index contributed by atoms with van der Waals surface area (Å²) in [6.07, 6.45) is 2.52. The van der Waals surface area contributed by atoms with Crippen LogP contribution in [0.1, 0.15) is 0 Å². The smallest absolute Gasteiger partial charge is 0.248 e. The number of hydrogen-bond donors (Lipinski definition) is 0. The Kier molecular flexibility index (Phi) is 4.79. The minimum absolute atomic E-state index is 0.0162. The summed E-state index contributed by atoms with van der Waals surface area (Å²) in [7, 11) is -1.72. The summed E-state index contributed by atoms with van der Waals surface area (Å²) < 4.78 is 27.6. The molecule has 0 radical (unpaired) electrons. The minimum atomic E-state index is -3.22. The van der Waals surface area contributed by atoms with Crippen LogP contribution in [0.25, 0.3) is 0 Å². The van der Waals surface area contributed by atoms with Crippen molar-refractivity contribution in [3.63, 3.8) is 0 Å². The van der Waals surface area contributed by atoms with Crippen molar-refractivity contribution in [1.82, 2.24) is 9.88 Å². The Morgan fingerprint density at radius 1 is 1.29 bits per heavy atom. The van der Waals surface area contributed by atoms with Gasteiger partial charge in [-0.05, 0) is 12.1 Å². The third kappa shape index (κ3) is 3.92. The van der Waals surface area contributed by atoms with Crippen LogP contribution in [0.15, 0.2) is 23.2 Å². The summed E-state index contributed by atoms with van der Waals surface area (Å²) in [6, 6.07) is 3.25. The monoisotopic (exact) mass is 313 g/mol. The summed E-state index contributed by atoms with van der Waals surface area (Å²) in [5, 5.41) is 0. The zero-order valence-electron chi connectivity index (χ0n) is 12.2. The molecule has 2 rings (SSSR count). The van der Waals surface area contributed by atoms with Crippen LogP contribution < -0.4 is 4.90 Å². The lowest BCUT2D eigenvalue weighted by atomic mass is 10.3. The standard InChI is InChI=1S/C13H19N3O4S/c1-20-10-13(17)16-7-5-15(6-8-16)12-4-3-11(9-14-12)21(2,18)19/h3-4,9H,5-8,10H2,1-2H3. The second kappa shape index (κ2) is 6.40. The Morgan fingerprint density at radius 2 is 1.95 bits per heavy atom. The number of anilines is 1. The minimum Gasteiger partial charge on any atom is -0.375 e. The zero-order chi connectivity index (χ0) is 15.5. The highest BCUT2D eigenvalue weighted by atomic mass is 32.2. The van der Waals surface area contributed by atoms with Gasteiger partial charge in [0.15, 0.2) is 9.84 Å². The van der Waals surface area contributed by atoms with Gasteiger partial charge in [-0.1, -0.05) is 0 Å². The van der Waals surface area contributed by atoms with Crippen molar-refractivity contribution in [2.24, 2.45) is 0 Å². The lowest BCUT2D eigenvalue weighted by Crippen LogP contribution is -2.49. The molecule has 2 heterocycles. The van der Waals surface area contributed by atoms with Gasteiger partial charge in [-0.2, -0.15) is 0 Å². The van der Waals surface area contributed by atoms with Gasteiger partial charge in [-0.15, -0.1) is 0 Å². The Labute approximate surface area is 124 Å². The second-order valence-electron chi connectivity index (χ2n) is 4.93. The number of piperazine rings is 1. The summed E-state index contributed by atoms with van der Waals surface area (Å²) >= 11 is 0. The maximum Gasteiger partial charge on any atom is 0.248 e. The molecule has 0 aliphatic carbocycles. The number of aromatic nitrogens is 1. The molecule has 0 unspecified atom stereocenters. The Bertz CT molecular complexity index is 592. The fraction of sp³-hybridized carbons (Fsp3) is 0.538. The molecule has 1 aliphatic heterocycles. The molecule has 0 spiro atoms. The molecule has 1 aromatic rings. The van der Waals surface area contributed by atoms with E-state index in [1.165, 1.54) is 13.3 Å². The maximum absolute atomic E-state index is 11.7. The van der Waals surface area contributed by atoms with Crippen molar-refractivity contribution < 1.29 is 17.9 Å². The van der Waals surface area contributed by atoms with Crippen LogP contribution in [-0.4, -0.2) is 70.4 Å². The predicted octanol–water partition coefficient (Wildman–Crippen LogP) is -0.220. The number of amides is 1. The van der Waals surface area contributed by atoms with Crippen molar-refractivity contribution in [2.75, 3.05) is 51.1 Å². The number of nitrogens with zero attached hydrogens (tertiary/aromatic N) is 3. The first kappa shape index (κ1) is 15.7. The van der Waals surface area contributed by atoms with Gasteiger partial charge in [0.25, 0.3) is 0 Å². The van der Waals surface area contributed by atoms with Crippen LogP contribution in [0.3, 0.4) is 0 Å². The van der Waals surface area contributed by atoms with Crippen molar-refractivity contribution in [1.29, 1.82) is 0 Å². The molecular weight excluding hydrogens is 294 g/mol. The highest BCUT2D eigenvalue weighted by Crippen LogP contribution is 2.16. The van der Waals surface area contributed by atoms with Gasteiger partial charge in [0.05, 0.1) is 4.90 Å². The summed E-state index contributed by atoms with van der Waals surface area (Å²) in [5.74, 6) is 0.707. The fourth-order valence-electron chi connectivity index (χ4n) is 2.18.